The van der Waals surface area contributed by atoms with Gasteiger partial charge in [-0.15, -0.1) is 0 Å². The van der Waals surface area contributed by atoms with Gasteiger partial charge in [0.2, 0.25) is 0 Å². The minimum absolute atomic E-state index is 0.0541. The van der Waals surface area contributed by atoms with Crippen molar-refractivity contribution in [3.63, 3.8) is 0 Å². The van der Waals surface area contributed by atoms with Crippen LogP contribution in [0.15, 0.2) is 78.9 Å². The van der Waals surface area contributed by atoms with E-state index in [1.54, 1.807) is 10.7 Å². The molecule has 1 aromatic heterocycles. The molecular weight excluding hydrogens is 485 g/mol. The van der Waals surface area contributed by atoms with Crippen LogP contribution in [0.1, 0.15) is 38.9 Å². The van der Waals surface area contributed by atoms with Crippen LogP contribution in [-0.4, -0.2) is 9.78 Å². The third kappa shape index (κ3) is 5.03. The van der Waals surface area contributed by atoms with E-state index >= 15 is 0 Å². The van der Waals surface area contributed by atoms with Gasteiger partial charge in [0.1, 0.15) is 17.9 Å². The Morgan fingerprint density at radius 1 is 0.789 bits per heavy atom. The number of rotatable bonds is 6. The standard InChI is InChI=1S/C32H29F3N2O/c1-20-14-15-25(23(4)16-20)18-37-31(27-12-7-13-29(30(27)36-37)32(33,34)35)24-10-6-11-26(17-24)38-19-28-21(2)8-5-9-22(28)3/h5-17H,18-19H2,1-4H3. The molecule has 3 nitrogen and oxygen atoms in total. The molecule has 0 atom stereocenters. The molecular formula is C32H29F3N2O. The highest BCUT2D eigenvalue weighted by Crippen LogP contribution is 2.39. The Hall–Kier alpha value is -4.06. The summed E-state index contributed by atoms with van der Waals surface area (Å²) in [5.41, 5.74) is 7.21. The summed E-state index contributed by atoms with van der Waals surface area (Å²) in [7, 11) is 0. The lowest BCUT2D eigenvalue weighted by atomic mass is 10.0. The average molecular weight is 515 g/mol. The SMILES string of the molecule is Cc1ccc(Cn2nc3c(C(F)(F)F)cccc3c2-c2cccc(OCc3c(C)cccc3C)c2)c(C)c1. The van der Waals surface area contributed by atoms with Gasteiger partial charge < -0.3 is 4.74 Å². The molecule has 5 aromatic rings. The fourth-order valence-corrected chi connectivity index (χ4v) is 4.95. The largest absolute Gasteiger partial charge is 0.489 e. The number of hydrogen-bond acceptors (Lipinski definition) is 2. The van der Waals surface area contributed by atoms with E-state index in [0.717, 1.165) is 45.0 Å². The molecule has 0 bridgehead atoms. The third-order valence-electron chi connectivity index (χ3n) is 7.03. The summed E-state index contributed by atoms with van der Waals surface area (Å²) >= 11 is 0. The number of aromatic nitrogens is 2. The summed E-state index contributed by atoms with van der Waals surface area (Å²) in [6, 6.07) is 23.9. The van der Waals surface area contributed by atoms with Crippen molar-refractivity contribution in [1.29, 1.82) is 0 Å². The van der Waals surface area contributed by atoms with Crippen LogP contribution in [0.2, 0.25) is 0 Å². The van der Waals surface area contributed by atoms with Gasteiger partial charge in [0.25, 0.3) is 0 Å². The molecule has 0 N–H and O–H groups in total. The minimum atomic E-state index is -4.51. The van der Waals surface area contributed by atoms with Crippen molar-refractivity contribution in [2.24, 2.45) is 0 Å². The molecule has 0 amide bonds. The van der Waals surface area contributed by atoms with E-state index in [1.165, 1.54) is 6.07 Å². The zero-order valence-electron chi connectivity index (χ0n) is 21.9. The second-order valence-electron chi connectivity index (χ2n) is 9.82. The number of halogens is 3. The Morgan fingerprint density at radius 2 is 1.50 bits per heavy atom. The maximum Gasteiger partial charge on any atom is 0.418 e. The maximum atomic E-state index is 13.9. The molecule has 0 fully saturated rings. The highest BCUT2D eigenvalue weighted by Gasteiger charge is 2.34. The maximum absolute atomic E-state index is 13.9. The van der Waals surface area contributed by atoms with Crippen LogP contribution < -0.4 is 4.74 Å². The highest BCUT2D eigenvalue weighted by atomic mass is 19.4. The highest BCUT2D eigenvalue weighted by molar-refractivity contribution is 5.95. The Balaban J connectivity index is 1.60. The normalized spacial score (nSPS) is 11.8. The molecule has 0 saturated carbocycles. The topological polar surface area (TPSA) is 27.1 Å². The number of ether oxygens (including phenoxy) is 1. The Kier molecular flexibility index (Phi) is 6.74. The van der Waals surface area contributed by atoms with Gasteiger partial charge in [-0.05, 0) is 73.7 Å². The molecule has 0 radical (unpaired) electrons. The van der Waals surface area contributed by atoms with Gasteiger partial charge in [-0.2, -0.15) is 18.3 Å². The fraction of sp³-hybridized carbons (Fsp3) is 0.219. The zero-order chi connectivity index (χ0) is 27.0. The summed E-state index contributed by atoms with van der Waals surface area (Å²) < 4.78 is 49.6. The van der Waals surface area contributed by atoms with Crippen molar-refractivity contribution in [3.05, 3.63) is 118 Å². The number of benzene rings is 4. The lowest BCUT2D eigenvalue weighted by Gasteiger charge is -2.14. The van der Waals surface area contributed by atoms with Gasteiger partial charge in [0, 0.05) is 10.9 Å². The van der Waals surface area contributed by atoms with Gasteiger partial charge in [-0.1, -0.05) is 66.2 Å². The van der Waals surface area contributed by atoms with Crippen LogP contribution >= 0.6 is 0 Å². The minimum Gasteiger partial charge on any atom is -0.489 e. The summed E-state index contributed by atoms with van der Waals surface area (Å²) in [4.78, 5) is 0. The first-order valence-corrected chi connectivity index (χ1v) is 12.5. The number of nitrogens with zero attached hydrogens (tertiary/aromatic N) is 2. The van der Waals surface area contributed by atoms with Crippen LogP contribution in [0.4, 0.5) is 13.2 Å². The van der Waals surface area contributed by atoms with Crippen LogP contribution in [0.5, 0.6) is 5.75 Å². The molecule has 0 unspecified atom stereocenters. The van der Waals surface area contributed by atoms with Crippen LogP contribution in [0, 0.1) is 27.7 Å². The van der Waals surface area contributed by atoms with Crippen LogP contribution in [0.3, 0.4) is 0 Å². The van der Waals surface area contributed by atoms with Gasteiger partial charge in [0.05, 0.1) is 17.8 Å². The fourth-order valence-electron chi connectivity index (χ4n) is 4.95. The van der Waals surface area contributed by atoms with Crippen LogP contribution in [0.25, 0.3) is 22.2 Å². The lowest BCUT2D eigenvalue weighted by Crippen LogP contribution is -2.07. The van der Waals surface area contributed by atoms with E-state index in [2.05, 4.69) is 37.1 Å². The number of hydrogen-bond donors (Lipinski definition) is 0. The number of fused-ring (bicyclic) bond motifs is 1. The van der Waals surface area contributed by atoms with Gasteiger partial charge in [-0.25, -0.2) is 0 Å². The van der Waals surface area contributed by atoms with E-state index in [0.29, 0.717) is 30.0 Å². The first-order chi connectivity index (χ1) is 18.1. The average Bonchev–Trinajstić information content (AvgIpc) is 3.23. The van der Waals surface area contributed by atoms with Gasteiger partial charge >= 0.3 is 6.18 Å². The first-order valence-electron chi connectivity index (χ1n) is 12.5. The summed E-state index contributed by atoms with van der Waals surface area (Å²) in [6.07, 6.45) is -4.51. The smallest absolute Gasteiger partial charge is 0.418 e. The van der Waals surface area contributed by atoms with Gasteiger partial charge in [0.15, 0.2) is 0 Å². The number of alkyl halides is 3. The third-order valence-corrected chi connectivity index (χ3v) is 7.03. The van der Waals surface area contributed by atoms with Crippen molar-refractivity contribution >= 4 is 10.9 Å². The van der Waals surface area contributed by atoms with E-state index < -0.39 is 11.7 Å². The van der Waals surface area contributed by atoms with Crippen LogP contribution in [-0.2, 0) is 19.3 Å². The van der Waals surface area contributed by atoms with Gasteiger partial charge in [-0.3, -0.25) is 4.68 Å². The predicted molar refractivity (Wildman–Crippen MR) is 145 cm³/mol. The Morgan fingerprint density at radius 3 is 2.21 bits per heavy atom. The van der Waals surface area contributed by atoms with Crippen molar-refractivity contribution in [2.75, 3.05) is 0 Å². The van der Waals surface area contributed by atoms with Crippen molar-refractivity contribution in [3.8, 4) is 17.0 Å². The second-order valence-corrected chi connectivity index (χ2v) is 9.82. The monoisotopic (exact) mass is 514 g/mol. The van der Waals surface area contributed by atoms with E-state index in [-0.39, 0.29) is 5.52 Å². The van der Waals surface area contributed by atoms with Crippen molar-refractivity contribution in [1.82, 2.24) is 9.78 Å². The molecule has 38 heavy (non-hydrogen) atoms. The summed E-state index contributed by atoms with van der Waals surface area (Å²) in [6.45, 7) is 8.89. The first kappa shape index (κ1) is 25.6. The molecule has 0 aliphatic rings. The molecule has 194 valence electrons. The number of aryl methyl sites for hydroxylation is 4. The molecule has 6 heteroatoms. The molecule has 5 rings (SSSR count). The quantitative estimate of drug-likeness (QED) is 0.227. The zero-order valence-corrected chi connectivity index (χ0v) is 21.9. The molecule has 0 aliphatic heterocycles. The molecule has 4 aromatic carbocycles. The van der Waals surface area contributed by atoms with E-state index in [4.69, 9.17) is 4.74 Å². The Labute approximate surface area is 220 Å². The summed E-state index contributed by atoms with van der Waals surface area (Å²) in [5.74, 6) is 0.643. The molecule has 0 aliphatic carbocycles. The lowest BCUT2D eigenvalue weighted by molar-refractivity contribution is -0.136. The molecule has 1 heterocycles. The van der Waals surface area contributed by atoms with Crippen molar-refractivity contribution in [2.45, 2.75) is 47.0 Å². The summed E-state index contributed by atoms with van der Waals surface area (Å²) in [5, 5.41) is 4.97. The second kappa shape index (κ2) is 10.0. The van der Waals surface area contributed by atoms with Crippen molar-refractivity contribution < 1.29 is 17.9 Å². The Bertz CT molecular complexity index is 1610. The van der Waals surface area contributed by atoms with E-state index in [1.807, 2.05) is 56.3 Å². The van der Waals surface area contributed by atoms with E-state index in [9.17, 15) is 13.2 Å². The predicted octanol–water partition coefficient (Wildman–Crippen LogP) is 8.58. The molecule has 0 spiro atoms. The molecule has 0 saturated heterocycles.